The Bertz CT molecular complexity index is 1090. The lowest BCUT2D eigenvalue weighted by Crippen LogP contribution is -2.26. The van der Waals surface area contributed by atoms with Gasteiger partial charge in [-0.1, -0.05) is 12.1 Å². The minimum atomic E-state index is -0.147. The van der Waals surface area contributed by atoms with Gasteiger partial charge in [-0.05, 0) is 46.8 Å². The molecule has 0 atom stereocenters. The van der Waals surface area contributed by atoms with Gasteiger partial charge in [0.2, 0.25) is 5.65 Å². The number of hydrogen-bond donors (Lipinski definition) is 2. The van der Waals surface area contributed by atoms with E-state index in [-0.39, 0.29) is 5.91 Å². The molecule has 2 aromatic carbocycles. The summed E-state index contributed by atoms with van der Waals surface area (Å²) in [5.74, 6) is 0.391. The SMILES string of the molecule is COCCNC(=O)c1ccc(Nc2nc3ccccc3n3nnnc23)cc1. The van der Waals surface area contributed by atoms with E-state index >= 15 is 0 Å². The number of aromatic nitrogens is 5. The molecule has 2 aromatic heterocycles. The van der Waals surface area contributed by atoms with Gasteiger partial charge < -0.3 is 15.4 Å². The van der Waals surface area contributed by atoms with Crippen LogP contribution in [0.4, 0.5) is 11.5 Å². The number of nitrogens with zero attached hydrogens (tertiary/aromatic N) is 5. The summed E-state index contributed by atoms with van der Waals surface area (Å²) >= 11 is 0. The molecule has 0 bridgehead atoms. The molecule has 136 valence electrons. The topological polar surface area (TPSA) is 106 Å². The predicted molar refractivity (Wildman–Crippen MR) is 100 cm³/mol. The van der Waals surface area contributed by atoms with Gasteiger partial charge in [0.1, 0.15) is 0 Å². The maximum atomic E-state index is 12.0. The van der Waals surface area contributed by atoms with Crippen molar-refractivity contribution in [1.82, 2.24) is 30.3 Å². The van der Waals surface area contributed by atoms with Crippen molar-refractivity contribution in [3.8, 4) is 0 Å². The van der Waals surface area contributed by atoms with Crippen LogP contribution in [0, 0.1) is 0 Å². The van der Waals surface area contributed by atoms with Crippen LogP contribution in [0.25, 0.3) is 16.7 Å². The van der Waals surface area contributed by atoms with Crippen LogP contribution in [0.2, 0.25) is 0 Å². The van der Waals surface area contributed by atoms with Crippen LogP contribution in [0.15, 0.2) is 48.5 Å². The fourth-order valence-electron chi connectivity index (χ4n) is 2.70. The molecular formula is C18H17N7O2. The van der Waals surface area contributed by atoms with E-state index in [1.165, 1.54) is 0 Å². The van der Waals surface area contributed by atoms with Crippen LogP contribution in [-0.4, -0.2) is 51.2 Å². The first-order valence-electron chi connectivity index (χ1n) is 8.37. The van der Waals surface area contributed by atoms with Crippen molar-refractivity contribution in [3.63, 3.8) is 0 Å². The normalized spacial score (nSPS) is 11.0. The second-order valence-corrected chi connectivity index (χ2v) is 5.81. The molecule has 0 saturated heterocycles. The molecule has 0 spiro atoms. The van der Waals surface area contributed by atoms with Gasteiger partial charge in [0.25, 0.3) is 5.91 Å². The highest BCUT2D eigenvalue weighted by molar-refractivity contribution is 5.94. The van der Waals surface area contributed by atoms with E-state index < -0.39 is 0 Å². The number of carbonyl (C=O) groups is 1. The van der Waals surface area contributed by atoms with Gasteiger partial charge in [-0.25, -0.2) is 4.98 Å². The number of carbonyl (C=O) groups excluding carboxylic acids is 1. The smallest absolute Gasteiger partial charge is 0.251 e. The minimum Gasteiger partial charge on any atom is -0.383 e. The standard InChI is InChI=1S/C18H17N7O2/c1-27-11-10-19-18(26)12-6-8-13(9-7-12)20-16-17-22-23-24-25(17)15-5-3-2-4-14(15)21-16/h2-9H,10-11H2,1H3,(H,19,26)(H,20,21). The number of ether oxygens (including phenoxy) is 1. The minimum absolute atomic E-state index is 0.147. The Morgan fingerprint density at radius 1 is 1.15 bits per heavy atom. The predicted octanol–water partition coefficient (Wildman–Crippen LogP) is 1.79. The molecule has 27 heavy (non-hydrogen) atoms. The second kappa shape index (κ2) is 7.34. The van der Waals surface area contributed by atoms with Crippen LogP contribution in [0.3, 0.4) is 0 Å². The van der Waals surface area contributed by atoms with Crippen molar-refractivity contribution in [1.29, 1.82) is 0 Å². The first-order valence-corrected chi connectivity index (χ1v) is 8.37. The second-order valence-electron chi connectivity index (χ2n) is 5.81. The average molecular weight is 363 g/mol. The van der Waals surface area contributed by atoms with Crippen LogP contribution < -0.4 is 10.6 Å². The van der Waals surface area contributed by atoms with E-state index in [0.29, 0.717) is 30.2 Å². The van der Waals surface area contributed by atoms with Crippen molar-refractivity contribution >= 4 is 34.1 Å². The first kappa shape index (κ1) is 16.9. The van der Waals surface area contributed by atoms with E-state index in [1.54, 1.807) is 23.8 Å². The third-order valence-corrected chi connectivity index (χ3v) is 4.03. The maximum absolute atomic E-state index is 12.0. The van der Waals surface area contributed by atoms with Gasteiger partial charge >= 0.3 is 0 Å². The van der Waals surface area contributed by atoms with Gasteiger partial charge in [0.15, 0.2) is 5.82 Å². The highest BCUT2D eigenvalue weighted by Gasteiger charge is 2.12. The summed E-state index contributed by atoms with van der Waals surface area (Å²) < 4.78 is 6.56. The summed E-state index contributed by atoms with van der Waals surface area (Å²) in [7, 11) is 1.59. The molecular weight excluding hydrogens is 346 g/mol. The van der Waals surface area contributed by atoms with Crippen molar-refractivity contribution in [2.75, 3.05) is 25.6 Å². The molecule has 0 fully saturated rings. The van der Waals surface area contributed by atoms with E-state index in [4.69, 9.17) is 4.74 Å². The molecule has 2 N–H and O–H groups in total. The Hall–Kier alpha value is -3.59. The third kappa shape index (κ3) is 3.40. The molecule has 0 aliphatic carbocycles. The molecule has 1 amide bonds. The molecule has 4 rings (SSSR count). The molecule has 4 aromatic rings. The molecule has 0 saturated carbocycles. The highest BCUT2D eigenvalue weighted by Crippen LogP contribution is 2.22. The van der Waals surface area contributed by atoms with Crippen LogP contribution in [-0.2, 0) is 4.74 Å². The number of methoxy groups -OCH3 is 1. The largest absolute Gasteiger partial charge is 0.383 e. The number of anilines is 2. The zero-order chi connectivity index (χ0) is 18.6. The highest BCUT2D eigenvalue weighted by atomic mass is 16.5. The van der Waals surface area contributed by atoms with E-state index in [0.717, 1.165) is 16.7 Å². The monoisotopic (exact) mass is 363 g/mol. The van der Waals surface area contributed by atoms with E-state index in [9.17, 15) is 4.79 Å². The van der Waals surface area contributed by atoms with Gasteiger partial charge in [-0.3, -0.25) is 4.79 Å². The van der Waals surface area contributed by atoms with E-state index in [2.05, 4.69) is 31.1 Å². The molecule has 9 nitrogen and oxygen atoms in total. The zero-order valence-electron chi connectivity index (χ0n) is 14.6. The molecule has 0 aliphatic rings. The van der Waals surface area contributed by atoms with Crippen molar-refractivity contribution in [3.05, 3.63) is 54.1 Å². The quantitative estimate of drug-likeness (QED) is 0.503. The Kier molecular flexibility index (Phi) is 4.58. The molecule has 0 aliphatic heterocycles. The summed E-state index contributed by atoms with van der Waals surface area (Å²) in [6.07, 6.45) is 0. The third-order valence-electron chi connectivity index (χ3n) is 4.03. The zero-order valence-corrected chi connectivity index (χ0v) is 14.6. The molecule has 0 unspecified atom stereocenters. The Morgan fingerprint density at radius 2 is 1.96 bits per heavy atom. The van der Waals surface area contributed by atoms with Crippen LogP contribution >= 0.6 is 0 Å². The number of para-hydroxylation sites is 2. The van der Waals surface area contributed by atoms with Crippen molar-refractivity contribution in [2.45, 2.75) is 0 Å². The maximum Gasteiger partial charge on any atom is 0.251 e. The number of amides is 1. The average Bonchev–Trinajstić information content (AvgIpc) is 3.19. The lowest BCUT2D eigenvalue weighted by atomic mass is 10.2. The summed E-state index contributed by atoms with van der Waals surface area (Å²) in [6, 6.07) is 14.7. The summed E-state index contributed by atoms with van der Waals surface area (Å²) in [5, 5.41) is 17.8. The van der Waals surface area contributed by atoms with Crippen molar-refractivity contribution in [2.24, 2.45) is 0 Å². The number of benzene rings is 2. The summed E-state index contributed by atoms with van der Waals surface area (Å²) in [6.45, 7) is 0.940. The molecule has 9 heteroatoms. The number of rotatable bonds is 6. The summed E-state index contributed by atoms with van der Waals surface area (Å²) in [4.78, 5) is 16.7. The number of fused-ring (bicyclic) bond motifs is 3. The number of tetrazole rings is 1. The molecule has 0 radical (unpaired) electrons. The number of nitrogens with one attached hydrogen (secondary N) is 2. The van der Waals surface area contributed by atoms with Crippen LogP contribution in [0.5, 0.6) is 0 Å². The fraction of sp³-hybridized carbons (Fsp3) is 0.167. The Labute approximate surface area is 154 Å². The Morgan fingerprint density at radius 3 is 2.78 bits per heavy atom. The van der Waals surface area contributed by atoms with Gasteiger partial charge in [0, 0.05) is 24.9 Å². The lowest BCUT2D eigenvalue weighted by molar-refractivity contribution is 0.0937. The lowest BCUT2D eigenvalue weighted by Gasteiger charge is -2.09. The van der Waals surface area contributed by atoms with Gasteiger partial charge in [-0.15, -0.1) is 5.10 Å². The summed E-state index contributed by atoms with van der Waals surface area (Å²) in [5.41, 5.74) is 3.46. The first-order chi connectivity index (χ1) is 13.3. The van der Waals surface area contributed by atoms with Crippen LogP contribution in [0.1, 0.15) is 10.4 Å². The fourth-order valence-corrected chi connectivity index (χ4v) is 2.70. The number of hydrogen-bond acceptors (Lipinski definition) is 7. The van der Waals surface area contributed by atoms with E-state index in [1.807, 2.05) is 36.4 Å². The van der Waals surface area contributed by atoms with Gasteiger partial charge in [-0.2, -0.15) is 4.52 Å². The molecule has 2 heterocycles. The Balaban J connectivity index is 1.58. The van der Waals surface area contributed by atoms with Crippen molar-refractivity contribution < 1.29 is 9.53 Å². The van der Waals surface area contributed by atoms with Gasteiger partial charge in [0.05, 0.1) is 17.6 Å².